The van der Waals surface area contributed by atoms with E-state index in [2.05, 4.69) is 26.1 Å². The summed E-state index contributed by atoms with van der Waals surface area (Å²) in [6, 6.07) is 5.77. The molecule has 0 fully saturated rings. The van der Waals surface area contributed by atoms with Crippen molar-refractivity contribution in [3.05, 3.63) is 33.8 Å². The molecule has 0 heterocycles. The molecule has 102 valence electrons. The van der Waals surface area contributed by atoms with Gasteiger partial charge < -0.3 is 5.32 Å². The Morgan fingerprint density at radius 2 is 1.89 bits per heavy atom. The lowest BCUT2D eigenvalue weighted by Gasteiger charge is -2.25. The van der Waals surface area contributed by atoms with Crippen LogP contribution >= 0.6 is 23.2 Å². The third kappa shape index (κ3) is 5.60. The molecule has 0 aliphatic rings. The van der Waals surface area contributed by atoms with Crippen LogP contribution in [0.4, 0.5) is 0 Å². The Morgan fingerprint density at radius 3 is 2.50 bits per heavy atom. The van der Waals surface area contributed by atoms with E-state index in [9.17, 15) is 0 Å². The van der Waals surface area contributed by atoms with Gasteiger partial charge in [0.15, 0.2) is 0 Å². The monoisotopic (exact) mass is 287 g/mol. The molecule has 3 heteroatoms. The normalized spacial score (nSPS) is 11.8. The molecule has 1 rings (SSSR count). The van der Waals surface area contributed by atoms with Gasteiger partial charge in [0.05, 0.1) is 0 Å². The first-order valence-corrected chi connectivity index (χ1v) is 7.35. The molecule has 0 aromatic heterocycles. The molecule has 0 saturated carbocycles. The molecular weight excluding hydrogens is 265 g/mol. The fourth-order valence-electron chi connectivity index (χ4n) is 1.93. The lowest BCUT2D eigenvalue weighted by atomic mass is 9.83. The first-order chi connectivity index (χ1) is 8.44. The van der Waals surface area contributed by atoms with Crippen LogP contribution < -0.4 is 5.32 Å². The summed E-state index contributed by atoms with van der Waals surface area (Å²) in [4.78, 5) is 0. The van der Waals surface area contributed by atoms with Gasteiger partial charge in [-0.25, -0.2) is 0 Å². The fourth-order valence-corrected chi connectivity index (χ4v) is 2.43. The van der Waals surface area contributed by atoms with E-state index in [1.54, 1.807) is 0 Å². The van der Waals surface area contributed by atoms with Crippen molar-refractivity contribution in [2.75, 3.05) is 13.1 Å². The van der Waals surface area contributed by atoms with Gasteiger partial charge in [0.2, 0.25) is 0 Å². The molecule has 0 bridgehead atoms. The van der Waals surface area contributed by atoms with Crippen molar-refractivity contribution in [3.8, 4) is 0 Å². The lowest BCUT2D eigenvalue weighted by Crippen LogP contribution is -2.22. The van der Waals surface area contributed by atoms with E-state index >= 15 is 0 Å². The van der Waals surface area contributed by atoms with Gasteiger partial charge in [-0.3, -0.25) is 0 Å². The molecule has 0 aliphatic heterocycles. The summed E-state index contributed by atoms with van der Waals surface area (Å²) >= 11 is 12.1. The highest BCUT2D eigenvalue weighted by atomic mass is 35.5. The predicted molar refractivity (Wildman–Crippen MR) is 81.7 cm³/mol. The second kappa shape index (κ2) is 7.37. The predicted octanol–water partition coefficient (Wildman–Crippen LogP) is 4.95. The molecular formula is C15H23Cl2N. The zero-order chi connectivity index (χ0) is 13.6. The van der Waals surface area contributed by atoms with Crippen LogP contribution in [0.5, 0.6) is 0 Å². The summed E-state index contributed by atoms with van der Waals surface area (Å²) in [6.45, 7) is 8.89. The van der Waals surface area contributed by atoms with Gasteiger partial charge in [-0.1, -0.05) is 50.0 Å². The first kappa shape index (κ1) is 15.8. The third-order valence-corrected chi connectivity index (χ3v) is 3.90. The molecule has 0 amide bonds. The van der Waals surface area contributed by atoms with Gasteiger partial charge in [0.1, 0.15) is 0 Å². The minimum Gasteiger partial charge on any atom is -0.317 e. The van der Waals surface area contributed by atoms with Crippen molar-refractivity contribution in [2.45, 2.75) is 40.0 Å². The Balaban J connectivity index is 2.48. The van der Waals surface area contributed by atoms with Crippen LogP contribution in [0, 0.1) is 5.41 Å². The van der Waals surface area contributed by atoms with Gasteiger partial charge in [0.25, 0.3) is 0 Å². The standard InChI is InChI=1S/C15H23Cl2N/c1-4-18-10-9-15(2,3)8-7-12-5-6-13(16)11-14(12)17/h5-6,11,18H,4,7-10H2,1-3H3. The molecule has 0 unspecified atom stereocenters. The number of rotatable bonds is 7. The number of benzene rings is 1. The van der Waals surface area contributed by atoms with Crippen molar-refractivity contribution in [3.63, 3.8) is 0 Å². The van der Waals surface area contributed by atoms with E-state index in [1.165, 1.54) is 12.0 Å². The van der Waals surface area contributed by atoms with Gasteiger partial charge >= 0.3 is 0 Å². The number of hydrogen-bond donors (Lipinski definition) is 1. The van der Waals surface area contributed by atoms with Gasteiger partial charge in [-0.2, -0.15) is 0 Å². The topological polar surface area (TPSA) is 12.0 Å². The van der Waals surface area contributed by atoms with Gasteiger partial charge in [-0.05, 0) is 55.5 Å². The second-order valence-corrected chi connectivity index (χ2v) is 6.35. The average molecular weight is 288 g/mol. The molecule has 0 atom stereocenters. The summed E-state index contributed by atoms with van der Waals surface area (Å²) in [6.07, 6.45) is 3.33. The van der Waals surface area contributed by atoms with Crippen LogP contribution in [-0.2, 0) is 6.42 Å². The van der Waals surface area contributed by atoms with E-state index in [-0.39, 0.29) is 0 Å². The maximum absolute atomic E-state index is 6.19. The second-order valence-electron chi connectivity index (χ2n) is 5.50. The van der Waals surface area contributed by atoms with Crippen molar-refractivity contribution in [2.24, 2.45) is 5.41 Å². The Kier molecular flexibility index (Phi) is 6.48. The van der Waals surface area contributed by atoms with Crippen LogP contribution in [-0.4, -0.2) is 13.1 Å². The third-order valence-electron chi connectivity index (χ3n) is 3.31. The molecule has 1 aromatic carbocycles. The molecule has 0 saturated heterocycles. The highest BCUT2D eigenvalue weighted by Gasteiger charge is 2.17. The quantitative estimate of drug-likeness (QED) is 0.700. The zero-order valence-corrected chi connectivity index (χ0v) is 13.0. The van der Waals surface area contributed by atoms with Gasteiger partial charge in [0, 0.05) is 10.0 Å². The Bertz CT molecular complexity index is 375. The number of halogens is 2. The highest BCUT2D eigenvalue weighted by Crippen LogP contribution is 2.29. The fraction of sp³-hybridized carbons (Fsp3) is 0.600. The Hall–Kier alpha value is -0.240. The minimum atomic E-state index is 0.338. The van der Waals surface area contributed by atoms with Crippen molar-refractivity contribution >= 4 is 23.2 Å². The summed E-state index contributed by atoms with van der Waals surface area (Å²) in [7, 11) is 0. The molecule has 1 N–H and O–H groups in total. The summed E-state index contributed by atoms with van der Waals surface area (Å²) in [5.41, 5.74) is 1.53. The molecule has 0 aliphatic carbocycles. The summed E-state index contributed by atoms with van der Waals surface area (Å²) < 4.78 is 0. The van der Waals surface area contributed by atoms with Crippen LogP contribution in [0.1, 0.15) is 39.2 Å². The Morgan fingerprint density at radius 1 is 1.17 bits per heavy atom. The maximum atomic E-state index is 6.19. The number of hydrogen-bond acceptors (Lipinski definition) is 1. The molecule has 0 radical (unpaired) electrons. The zero-order valence-electron chi connectivity index (χ0n) is 11.5. The lowest BCUT2D eigenvalue weighted by molar-refractivity contribution is 0.303. The largest absolute Gasteiger partial charge is 0.317 e. The van der Waals surface area contributed by atoms with E-state index in [1.807, 2.05) is 18.2 Å². The van der Waals surface area contributed by atoms with Crippen LogP contribution in [0.3, 0.4) is 0 Å². The summed E-state index contributed by atoms with van der Waals surface area (Å²) in [5.74, 6) is 0. The van der Waals surface area contributed by atoms with E-state index in [0.717, 1.165) is 31.0 Å². The van der Waals surface area contributed by atoms with Crippen LogP contribution in [0.2, 0.25) is 10.0 Å². The van der Waals surface area contributed by atoms with E-state index < -0.39 is 0 Å². The average Bonchev–Trinajstić information content (AvgIpc) is 2.28. The maximum Gasteiger partial charge on any atom is 0.0452 e. The van der Waals surface area contributed by atoms with E-state index in [0.29, 0.717) is 10.4 Å². The molecule has 1 nitrogen and oxygen atoms in total. The molecule has 18 heavy (non-hydrogen) atoms. The van der Waals surface area contributed by atoms with Crippen molar-refractivity contribution in [1.29, 1.82) is 0 Å². The minimum absolute atomic E-state index is 0.338. The van der Waals surface area contributed by atoms with E-state index in [4.69, 9.17) is 23.2 Å². The number of aryl methyl sites for hydroxylation is 1. The van der Waals surface area contributed by atoms with Crippen LogP contribution in [0.15, 0.2) is 18.2 Å². The van der Waals surface area contributed by atoms with Crippen molar-refractivity contribution in [1.82, 2.24) is 5.32 Å². The first-order valence-electron chi connectivity index (χ1n) is 6.59. The smallest absolute Gasteiger partial charge is 0.0452 e. The van der Waals surface area contributed by atoms with Crippen LogP contribution in [0.25, 0.3) is 0 Å². The molecule has 0 spiro atoms. The Labute approximate surface area is 121 Å². The van der Waals surface area contributed by atoms with Crippen molar-refractivity contribution < 1.29 is 0 Å². The summed E-state index contributed by atoms with van der Waals surface area (Å²) in [5, 5.41) is 4.86. The highest BCUT2D eigenvalue weighted by molar-refractivity contribution is 6.35. The van der Waals surface area contributed by atoms with Gasteiger partial charge in [-0.15, -0.1) is 0 Å². The molecule has 1 aromatic rings. The SMILES string of the molecule is CCNCCC(C)(C)CCc1ccc(Cl)cc1Cl. The number of nitrogens with one attached hydrogen (secondary N) is 1.